The molecule has 0 radical (unpaired) electrons. The molecule has 2 aromatic rings. The number of carbonyl (C=O) groups excluding carboxylic acids is 1. The van der Waals surface area contributed by atoms with Gasteiger partial charge in [-0.15, -0.1) is 0 Å². The maximum atomic E-state index is 12.9. The molecule has 1 aromatic carbocycles. The molecule has 0 aliphatic carbocycles. The van der Waals surface area contributed by atoms with E-state index in [1.165, 1.54) is 19.3 Å². The van der Waals surface area contributed by atoms with Gasteiger partial charge in [0.1, 0.15) is 0 Å². The van der Waals surface area contributed by atoms with Crippen molar-refractivity contribution in [2.45, 2.75) is 39.0 Å². The van der Waals surface area contributed by atoms with Crippen molar-refractivity contribution < 1.29 is 9.32 Å². The van der Waals surface area contributed by atoms with Crippen LogP contribution in [-0.4, -0.2) is 34.0 Å². The zero-order chi connectivity index (χ0) is 15.4. The Morgan fingerprint density at radius 2 is 1.77 bits per heavy atom. The highest BCUT2D eigenvalue weighted by molar-refractivity contribution is 6.00. The van der Waals surface area contributed by atoms with Gasteiger partial charge in [-0.3, -0.25) is 4.79 Å². The fourth-order valence-corrected chi connectivity index (χ4v) is 2.88. The highest BCUT2D eigenvalue weighted by Gasteiger charge is 2.22. The van der Waals surface area contributed by atoms with Crippen LogP contribution in [0.25, 0.3) is 11.5 Å². The van der Waals surface area contributed by atoms with Crippen molar-refractivity contribution in [1.29, 1.82) is 0 Å². The van der Waals surface area contributed by atoms with Crippen LogP contribution in [0, 0.1) is 6.92 Å². The fourth-order valence-electron chi connectivity index (χ4n) is 2.88. The molecule has 1 saturated heterocycles. The molecule has 0 atom stereocenters. The Kier molecular flexibility index (Phi) is 4.51. The molecule has 1 fully saturated rings. The number of likely N-dealkylation sites (tertiary alicyclic amines) is 1. The quantitative estimate of drug-likeness (QED) is 0.852. The normalized spacial score (nSPS) is 16.1. The minimum Gasteiger partial charge on any atom is -0.339 e. The highest BCUT2D eigenvalue weighted by atomic mass is 16.5. The smallest absolute Gasteiger partial charge is 0.258 e. The van der Waals surface area contributed by atoms with E-state index < -0.39 is 0 Å². The summed E-state index contributed by atoms with van der Waals surface area (Å²) in [6.07, 6.45) is 5.84. The van der Waals surface area contributed by atoms with Crippen LogP contribution in [-0.2, 0) is 0 Å². The van der Waals surface area contributed by atoms with Gasteiger partial charge in [0.05, 0.1) is 11.1 Å². The third-order valence-electron chi connectivity index (χ3n) is 4.06. The summed E-state index contributed by atoms with van der Waals surface area (Å²) in [6, 6.07) is 7.48. The molecule has 22 heavy (non-hydrogen) atoms. The lowest BCUT2D eigenvalue weighted by Gasteiger charge is -2.25. The van der Waals surface area contributed by atoms with Crippen molar-refractivity contribution in [3.05, 3.63) is 35.7 Å². The topological polar surface area (TPSA) is 59.2 Å². The lowest BCUT2D eigenvalue weighted by atomic mass is 10.0. The van der Waals surface area contributed by atoms with Gasteiger partial charge in [-0.2, -0.15) is 4.98 Å². The van der Waals surface area contributed by atoms with Gasteiger partial charge in [-0.25, -0.2) is 0 Å². The Morgan fingerprint density at radius 1 is 1.09 bits per heavy atom. The molecule has 1 aliphatic rings. The number of rotatable bonds is 2. The summed E-state index contributed by atoms with van der Waals surface area (Å²) in [7, 11) is 0. The number of aromatic nitrogens is 2. The van der Waals surface area contributed by atoms with E-state index in [-0.39, 0.29) is 5.91 Å². The van der Waals surface area contributed by atoms with Gasteiger partial charge in [0.2, 0.25) is 0 Å². The van der Waals surface area contributed by atoms with Crippen LogP contribution < -0.4 is 0 Å². The summed E-state index contributed by atoms with van der Waals surface area (Å²) in [6.45, 7) is 3.43. The van der Waals surface area contributed by atoms with Gasteiger partial charge in [0.25, 0.3) is 11.8 Å². The predicted octanol–water partition coefficient (Wildman–Crippen LogP) is 3.45. The third-order valence-corrected chi connectivity index (χ3v) is 4.06. The summed E-state index contributed by atoms with van der Waals surface area (Å²) in [4.78, 5) is 19.1. The first-order valence-corrected chi connectivity index (χ1v) is 7.95. The molecule has 0 saturated carbocycles. The molecule has 1 amide bonds. The minimum atomic E-state index is 0.0633. The van der Waals surface area contributed by atoms with Crippen LogP contribution >= 0.6 is 0 Å². The Morgan fingerprint density at radius 3 is 2.45 bits per heavy atom. The van der Waals surface area contributed by atoms with Gasteiger partial charge in [-0.05, 0) is 31.9 Å². The maximum Gasteiger partial charge on any atom is 0.258 e. The molecular formula is C17H21N3O2. The molecular weight excluding hydrogens is 278 g/mol. The van der Waals surface area contributed by atoms with E-state index >= 15 is 0 Å². The number of nitrogens with zero attached hydrogens (tertiary/aromatic N) is 3. The zero-order valence-electron chi connectivity index (χ0n) is 12.9. The zero-order valence-corrected chi connectivity index (χ0v) is 12.9. The van der Waals surface area contributed by atoms with E-state index in [2.05, 4.69) is 10.1 Å². The minimum absolute atomic E-state index is 0.0633. The van der Waals surface area contributed by atoms with E-state index in [4.69, 9.17) is 4.52 Å². The van der Waals surface area contributed by atoms with Gasteiger partial charge in [0, 0.05) is 13.1 Å². The number of carbonyl (C=O) groups is 1. The molecule has 0 bridgehead atoms. The standard InChI is InChI=1S/C17H21N3O2/c1-13-18-16(22-19-13)14-9-5-6-10-15(14)17(21)20-11-7-3-2-4-8-12-20/h5-6,9-10H,2-4,7-8,11-12H2,1H3. The van der Waals surface area contributed by atoms with Crippen LogP contribution in [0.5, 0.6) is 0 Å². The monoisotopic (exact) mass is 299 g/mol. The molecule has 0 N–H and O–H groups in total. The van der Waals surface area contributed by atoms with Crippen LogP contribution in [0.15, 0.2) is 28.8 Å². The molecule has 5 nitrogen and oxygen atoms in total. The second-order valence-corrected chi connectivity index (χ2v) is 5.75. The van der Waals surface area contributed by atoms with Crippen LogP contribution in [0.3, 0.4) is 0 Å². The largest absolute Gasteiger partial charge is 0.339 e. The van der Waals surface area contributed by atoms with Crippen LogP contribution in [0.1, 0.15) is 48.3 Å². The van der Waals surface area contributed by atoms with Crippen molar-refractivity contribution >= 4 is 5.91 Å². The summed E-state index contributed by atoms with van der Waals surface area (Å²) in [5.74, 6) is 1.05. The van der Waals surface area contributed by atoms with Gasteiger partial charge < -0.3 is 9.42 Å². The van der Waals surface area contributed by atoms with Gasteiger partial charge in [0.15, 0.2) is 5.82 Å². The lowest BCUT2D eigenvalue weighted by molar-refractivity contribution is 0.0743. The molecule has 0 spiro atoms. The Balaban J connectivity index is 1.88. The first-order chi connectivity index (χ1) is 10.8. The third kappa shape index (κ3) is 3.18. The van der Waals surface area contributed by atoms with Gasteiger partial charge >= 0.3 is 0 Å². The number of aryl methyl sites for hydroxylation is 1. The molecule has 0 unspecified atom stereocenters. The van der Waals surface area contributed by atoms with E-state index in [1.54, 1.807) is 6.92 Å². The van der Waals surface area contributed by atoms with Crippen molar-refractivity contribution in [3.8, 4) is 11.5 Å². The number of hydrogen-bond donors (Lipinski definition) is 0. The number of hydrogen-bond acceptors (Lipinski definition) is 4. The Labute approximate surface area is 130 Å². The summed E-state index contributed by atoms with van der Waals surface area (Å²) in [5.41, 5.74) is 1.36. The fraction of sp³-hybridized carbons (Fsp3) is 0.471. The average molecular weight is 299 g/mol. The van der Waals surface area contributed by atoms with Crippen LogP contribution in [0.2, 0.25) is 0 Å². The summed E-state index contributed by atoms with van der Waals surface area (Å²) in [5, 5.41) is 3.82. The lowest BCUT2D eigenvalue weighted by Crippen LogP contribution is -2.34. The van der Waals surface area contributed by atoms with E-state index in [0.29, 0.717) is 17.3 Å². The van der Waals surface area contributed by atoms with E-state index in [9.17, 15) is 4.79 Å². The predicted molar refractivity (Wildman–Crippen MR) is 83.5 cm³/mol. The van der Waals surface area contributed by atoms with E-state index in [1.807, 2.05) is 29.2 Å². The molecule has 5 heteroatoms. The van der Waals surface area contributed by atoms with Crippen molar-refractivity contribution in [2.75, 3.05) is 13.1 Å². The Bertz CT molecular complexity index is 643. The Hall–Kier alpha value is -2.17. The van der Waals surface area contributed by atoms with Gasteiger partial charge in [-0.1, -0.05) is 36.6 Å². The second kappa shape index (κ2) is 6.73. The molecule has 2 heterocycles. The summed E-state index contributed by atoms with van der Waals surface area (Å²) >= 11 is 0. The number of benzene rings is 1. The number of amides is 1. The van der Waals surface area contributed by atoms with Crippen molar-refractivity contribution in [2.24, 2.45) is 0 Å². The molecule has 116 valence electrons. The van der Waals surface area contributed by atoms with Crippen molar-refractivity contribution in [1.82, 2.24) is 15.0 Å². The van der Waals surface area contributed by atoms with Crippen molar-refractivity contribution in [3.63, 3.8) is 0 Å². The average Bonchev–Trinajstić information content (AvgIpc) is 2.93. The van der Waals surface area contributed by atoms with E-state index in [0.717, 1.165) is 31.5 Å². The molecule has 3 rings (SSSR count). The SMILES string of the molecule is Cc1noc(-c2ccccc2C(=O)N2CCCCCCC2)n1. The first kappa shape index (κ1) is 14.8. The maximum absolute atomic E-state index is 12.9. The molecule has 1 aliphatic heterocycles. The first-order valence-electron chi connectivity index (χ1n) is 7.95. The van der Waals surface area contributed by atoms with Crippen LogP contribution in [0.4, 0.5) is 0 Å². The molecule has 1 aromatic heterocycles. The second-order valence-electron chi connectivity index (χ2n) is 5.75. The highest BCUT2D eigenvalue weighted by Crippen LogP contribution is 2.24. The summed E-state index contributed by atoms with van der Waals surface area (Å²) < 4.78 is 5.24.